The summed E-state index contributed by atoms with van der Waals surface area (Å²) in [7, 11) is 0. The lowest BCUT2D eigenvalue weighted by Gasteiger charge is -2.18. The van der Waals surface area contributed by atoms with Crippen LogP contribution in [0.5, 0.6) is 0 Å². The van der Waals surface area contributed by atoms with Crippen LogP contribution < -0.4 is 0 Å². The second kappa shape index (κ2) is 12.6. The zero-order valence-electron chi connectivity index (χ0n) is 26.9. The van der Waals surface area contributed by atoms with E-state index in [9.17, 15) is 0 Å². The minimum Gasteiger partial charge on any atom is -0.242 e. The molecule has 2 nitrogen and oxygen atoms in total. The maximum Gasteiger partial charge on any atom is 0.154 e. The van der Waals surface area contributed by atoms with Crippen LogP contribution in [0.1, 0.15) is 24.0 Å². The first-order valence-corrected chi connectivity index (χ1v) is 17.8. The minimum absolute atomic E-state index is 1.20. The summed E-state index contributed by atoms with van der Waals surface area (Å²) in [6.45, 7) is 0. The predicted octanol–water partition coefficient (Wildman–Crippen LogP) is 13.6. The van der Waals surface area contributed by atoms with Crippen LogP contribution in [0, 0.1) is 0 Å². The molecule has 0 atom stereocenters. The van der Waals surface area contributed by atoms with Crippen molar-refractivity contribution in [2.75, 3.05) is 0 Å². The van der Waals surface area contributed by atoms with Gasteiger partial charge in [0.05, 0.1) is 0 Å². The Bertz CT molecular complexity index is 2730. The lowest BCUT2D eigenvalue weighted by molar-refractivity contribution is -0.0855. The number of hydrogen-bond acceptors (Lipinski definition) is 2. The summed E-state index contributed by atoms with van der Waals surface area (Å²) in [5.74, 6) is 0. The van der Waals surface area contributed by atoms with E-state index in [1.807, 2.05) is 0 Å². The molecule has 0 spiro atoms. The largest absolute Gasteiger partial charge is 0.242 e. The fraction of sp³-hybridized carbons (Fsp3) is 0.0870. The first kappa shape index (κ1) is 30.3. The molecule has 3 heteroatoms. The summed E-state index contributed by atoms with van der Waals surface area (Å²) in [5, 5.41) is 22.8. The van der Waals surface area contributed by atoms with Crippen molar-refractivity contribution in [1.82, 2.24) is 0 Å². The molecule has 0 aliphatic heterocycles. The van der Waals surface area contributed by atoms with Gasteiger partial charge in [0, 0.05) is 0 Å². The lowest BCUT2D eigenvalue weighted by atomic mass is 9.86. The van der Waals surface area contributed by atoms with Gasteiger partial charge >= 0.3 is 0 Å². The van der Waals surface area contributed by atoms with E-state index in [-0.39, 0.29) is 0 Å². The number of aryl methyl sites for hydroxylation is 2. The van der Waals surface area contributed by atoms with E-state index in [1.54, 1.807) is 11.1 Å². The third-order valence-corrected chi connectivity index (χ3v) is 10.6. The Labute approximate surface area is 299 Å². The third-order valence-electron chi connectivity index (χ3n) is 10.6. The molecule has 0 amide bonds. The highest BCUT2D eigenvalue weighted by Gasteiger charge is 2.14. The van der Waals surface area contributed by atoms with Crippen molar-refractivity contribution in [2.45, 2.75) is 25.7 Å². The van der Waals surface area contributed by atoms with Crippen molar-refractivity contribution in [3.8, 4) is 22.3 Å². The molecule has 0 saturated carbocycles. The molecule has 0 radical (unpaired) electrons. The highest BCUT2D eigenvalue weighted by atomic mass is 127. The number of hydrogen-bond donors (Lipinski definition) is 1. The number of halogens is 1. The molecule has 0 saturated heterocycles. The van der Waals surface area contributed by atoms with Crippen molar-refractivity contribution in [3.05, 3.63) is 157 Å². The monoisotopic (exact) mass is 744 g/mol. The van der Waals surface area contributed by atoms with Crippen molar-refractivity contribution >= 4 is 87.6 Å². The van der Waals surface area contributed by atoms with Gasteiger partial charge in [-0.1, -0.05) is 121 Å². The normalized spacial score (nSPS) is 12.9. The van der Waals surface area contributed by atoms with Gasteiger partial charge in [0.25, 0.3) is 0 Å². The summed E-state index contributed by atoms with van der Waals surface area (Å²) in [5.41, 5.74) is 8.21. The van der Waals surface area contributed by atoms with E-state index in [1.165, 1.54) is 136 Å². The van der Waals surface area contributed by atoms with Crippen molar-refractivity contribution in [3.63, 3.8) is 0 Å². The van der Waals surface area contributed by atoms with Gasteiger partial charge in [0.2, 0.25) is 0 Å². The fourth-order valence-electron chi connectivity index (χ4n) is 8.16. The Morgan fingerprint density at radius 3 is 1.35 bits per heavy atom. The van der Waals surface area contributed by atoms with Gasteiger partial charge in [-0.25, -0.2) is 5.26 Å². The molecular formula is C46H33IO2. The maximum atomic E-state index is 7.06. The Hall–Kier alpha value is -4.81. The van der Waals surface area contributed by atoms with E-state index in [4.69, 9.17) is 5.26 Å². The number of benzene rings is 9. The smallest absolute Gasteiger partial charge is 0.154 e. The second-order valence-electron chi connectivity index (χ2n) is 13.2. The maximum absolute atomic E-state index is 7.06. The molecule has 10 rings (SSSR count). The van der Waals surface area contributed by atoms with Gasteiger partial charge in [-0.05, 0) is 148 Å². The predicted molar refractivity (Wildman–Crippen MR) is 217 cm³/mol. The summed E-state index contributed by atoms with van der Waals surface area (Å²) in [4.78, 5) is 0. The first-order valence-electron chi connectivity index (χ1n) is 17.0. The van der Waals surface area contributed by atoms with Crippen LogP contribution in [0.3, 0.4) is 0 Å². The minimum atomic E-state index is 1.20. The van der Waals surface area contributed by atoms with Crippen LogP contribution in [-0.4, -0.2) is 5.26 Å². The quantitative estimate of drug-likeness (QED) is 0.0827. The van der Waals surface area contributed by atoms with E-state index in [0.29, 0.717) is 0 Å². The molecule has 0 fully saturated rings. The molecule has 236 valence electrons. The van der Waals surface area contributed by atoms with E-state index in [2.05, 4.69) is 149 Å². The molecule has 1 N–H and O–H groups in total. The average molecular weight is 745 g/mol. The van der Waals surface area contributed by atoms with Gasteiger partial charge in [-0.2, -0.15) is 3.22 Å². The van der Waals surface area contributed by atoms with Crippen LogP contribution in [0.25, 0.3) is 86.9 Å². The Morgan fingerprint density at radius 1 is 0.388 bits per heavy atom. The third kappa shape index (κ3) is 5.34. The summed E-state index contributed by atoms with van der Waals surface area (Å²) < 4.78 is 3.22. The molecule has 9 aromatic carbocycles. The van der Waals surface area contributed by atoms with Crippen LogP contribution in [0.15, 0.2) is 146 Å². The van der Waals surface area contributed by atoms with Gasteiger partial charge in [-0.15, -0.1) is 0 Å². The van der Waals surface area contributed by atoms with Crippen LogP contribution in [-0.2, 0) is 16.1 Å². The zero-order chi connectivity index (χ0) is 32.9. The topological polar surface area (TPSA) is 29.5 Å². The fourth-order valence-corrected chi connectivity index (χ4v) is 8.16. The summed E-state index contributed by atoms with van der Waals surface area (Å²) in [6, 6.07) is 55.0. The molecule has 1 aliphatic carbocycles. The Morgan fingerprint density at radius 2 is 0.776 bits per heavy atom. The average Bonchev–Trinajstić information content (AvgIpc) is 3.17. The molecule has 0 unspecified atom stereocenters. The molecule has 9 aromatic rings. The van der Waals surface area contributed by atoms with Gasteiger partial charge in [0.1, 0.15) is 0 Å². The summed E-state index contributed by atoms with van der Waals surface area (Å²) >= 11 is 1.34. The molecule has 0 aromatic heterocycles. The van der Waals surface area contributed by atoms with E-state index < -0.39 is 0 Å². The first-order chi connectivity index (χ1) is 24.2. The highest BCUT2D eigenvalue weighted by molar-refractivity contribution is 14.1. The molecule has 1 aliphatic rings. The second-order valence-corrected chi connectivity index (χ2v) is 13.6. The van der Waals surface area contributed by atoms with Crippen LogP contribution in [0.2, 0.25) is 0 Å². The standard InChI is InChI=1S/C46H32.HIO2/c1-3-7-39-29(5-1)9-11-31-13-17-35(25-43(31)39)37-19-15-33-21-24-42-41(45(33)27-37)23-22-34-16-20-38(28-46(34)42)36-18-14-32-12-10-30-6-2-4-8-40(30)44(32)26-36;1-3-2/h1,3,5,7,9-28H,2,4,6,8H2;2H. The summed E-state index contributed by atoms with van der Waals surface area (Å²) in [6.07, 6.45) is 5.02. The molecule has 0 bridgehead atoms. The van der Waals surface area contributed by atoms with Crippen molar-refractivity contribution in [2.24, 2.45) is 0 Å². The van der Waals surface area contributed by atoms with Crippen LogP contribution >= 0.6 is 23.0 Å². The zero-order valence-corrected chi connectivity index (χ0v) is 29.1. The van der Waals surface area contributed by atoms with Crippen molar-refractivity contribution in [1.29, 1.82) is 0 Å². The molecular weight excluding hydrogens is 711 g/mol. The number of fused-ring (bicyclic) bond motifs is 11. The van der Waals surface area contributed by atoms with E-state index >= 15 is 0 Å². The van der Waals surface area contributed by atoms with Crippen molar-refractivity contribution < 1.29 is 8.47 Å². The lowest BCUT2D eigenvalue weighted by Crippen LogP contribution is -2.03. The van der Waals surface area contributed by atoms with Crippen LogP contribution in [0.4, 0.5) is 0 Å². The van der Waals surface area contributed by atoms with Gasteiger partial charge in [0.15, 0.2) is 23.0 Å². The highest BCUT2D eigenvalue weighted by Crippen LogP contribution is 2.38. The van der Waals surface area contributed by atoms with Gasteiger partial charge in [-0.3, -0.25) is 0 Å². The van der Waals surface area contributed by atoms with E-state index in [0.717, 1.165) is 0 Å². The Kier molecular flexibility index (Phi) is 7.77. The number of rotatable bonds is 2. The SMILES string of the molecule is OOI.c1ccc2c(c1)ccc1ccc(-c3ccc4ccc5c6cc(-c7ccc8ccc9c(c8c7)CCCC9)ccc6ccc5c4c3)cc12. The molecule has 0 heterocycles. The molecule has 49 heavy (non-hydrogen) atoms. The van der Waals surface area contributed by atoms with Gasteiger partial charge < -0.3 is 0 Å². The Balaban J connectivity index is 0.00000105.